The van der Waals surface area contributed by atoms with Gasteiger partial charge in [-0.25, -0.2) is 9.97 Å². The molecule has 0 aliphatic carbocycles. The van der Waals surface area contributed by atoms with E-state index in [0.29, 0.717) is 5.82 Å². The molecule has 0 radical (unpaired) electrons. The first-order chi connectivity index (χ1) is 9.06. The van der Waals surface area contributed by atoms with Gasteiger partial charge < -0.3 is 11.5 Å². The van der Waals surface area contributed by atoms with Crippen LogP contribution in [0.25, 0.3) is 20.8 Å². The van der Waals surface area contributed by atoms with E-state index in [9.17, 15) is 0 Å². The van der Waals surface area contributed by atoms with E-state index in [1.54, 1.807) is 17.5 Å². The molecule has 4 N–H and O–H groups in total. The molecule has 3 rings (SSSR count). The Morgan fingerprint density at radius 2 is 1.84 bits per heavy atom. The van der Waals surface area contributed by atoms with E-state index in [1.807, 2.05) is 19.9 Å². The Morgan fingerprint density at radius 3 is 2.53 bits per heavy atom. The first-order valence-electron chi connectivity index (χ1n) is 5.68. The fourth-order valence-corrected chi connectivity index (χ4v) is 3.09. The second-order valence-electron chi connectivity index (χ2n) is 4.19. The number of hydrogen-bond donors (Lipinski definition) is 2. The predicted octanol–water partition coefficient (Wildman–Crippen LogP) is 1.93. The minimum absolute atomic E-state index is 0.178. The van der Waals surface area contributed by atoms with Crippen molar-refractivity contribution in [2.45, 2.75) is 13.8 Å². The van der Waals surface area contributed by atoms with Gasteiger partial charge >= 0.3 is 0 Å². The zero-order valence-electron chi connectivity index (χ0n) is 10.5. The normalized spacial score (nSPS) is 11.1. The van der Waals surface area contributed by atoms with Crippen LogP contribution in [0.3, 0.4) is 0 Å². The number of rotatable bonds is 1. The third-order valence-electron chi connectivity index (χ3n) is 2.84. The van der Waals surface area contributed by atoms with E-state index in [2.05, 4.69) is 19.9 Å². The standard InChI is InChI=1S/C12H12N6S/c1-5-8(10(13)18-12(14)16-5)11-17-9-6(2)15-4-3-7(9)19-11/h3-4H,1-2H3,(H4,13,14,16,18). The molecular weight excluding hydrogens is 260 g/mol. The van der Waals surface area contributed by atoms with Crippen molar-refractivity contribution in [3.05, 3.63) is 23.7 Å². The lowest BCUT2D eigenvalue weighted by Crippen LogP contribution is -2.04. The average molecular weight is 272 g/mol. The Labute approximate surface area is 113 Å². The zero-order chi connectivity index (χ0) is 13.6. The van der Waals surface area contributed by atoms with Crippen molar-refractivity contribution in [3.8, 4) is 10.6 Å². The van der Waals surface area contributed by atoms with Crippen molar-refractivity contribution < 1.29 is 0 Å². The highest BCUT2D eigenvalue weighted by atomic mass is 32.1. The quantitative estimate of drug-likeness (QED) is 0.701. The monoisotopic (exact) mass is 272 g/mol. The highest BCUT2D eigenvalue weighted by Crippen LogP contribution is 2.34. The van der Waals surface area contributed by atoms with E-state index in [1.165, 1.54) is 0 Å². The van der Waals surface area contributed by atoms with Gasteiger partial charge in [-0.2, -0.15) is 4.98 Å². The fourth-order valence-electron chi connectivity index (χ4n) is 1.97. The molecule has 0 unspecified atom stereocenters. The van der Waals surface area contributed by atoms with E-state index in [4.69, 9.17) is 11.5 Å². The summed E-state index contributed by atoms with van der Waals surface area (Å²) in [7, 11) is 0. The minimum atomic E-state index is 0.178. The van der Waals surface area contributed by atoms with Gasteiger partial charge in [-0.1, -0.05) is 0 Å². The predicted molar refractivity (Wildman–Crippen MR) is 76.7 cm³/mol. The summed E-state index contributed by atoms with van der Waals surface area (Å²) in [6.07, 6.45) is 1.77. The summed E-state index contributed by atoms with van der Waals surface area (Å²) in [6.45, 7) is 3.78. The summed E-state index contributed by atoms with van der Waals surface area (Å²) in [4.78, 5) is 17.0. The first-order valence-corrected chi connectivity index (χ1v) is 6.50. The maximum Gasteiger partial charge on any atom is 0.222 e. The minimum Gasteiger partial charge on any atom is -0.383 e. The van der Waals surface area contributed by atoms with Gasteiger partial charge in [-0.15, -0.1) is 11.3 Å². The number of pyridine rings is 1. The molecule has 0 bridgehead atoms. The van der Waals surface area contributed by atoms with Gasteiger partial charge in [0.25, 0.3) is 0 Å². The topological polar surface area (TPSA) is 104 Å². The highest BCUT2D eigenvalue weighted by molar-refractivity contribution is 7.21. The van der Waals surface area contributed by atoms with Gasteiger partial charge in [0, 0.05) is 6.20 Å². The molecule has 0 aliphatic rings. The van der Waals surface area contributed by atoms with Crippen molar-refractivity contribution in [2.75, 3.05) is 11.5 Å². The lowest BCUT2D eigenvalue weighted by Gasteiger charge is -2.05. The van der Waals surface area contributed by atoms with Gasteiger partial charge in [0.05, 0.1) is 21.7 Å². The van der Waals surface area contributed by atoms with Gasteiger partial charge in [0.1, 0.15) is 16.3 Å². The molecular formula is C12H12N6S. The van der Waals surface area contributed by atoms with Crippen LogP contribution in [0.15, 0.2) is 12.3 Å². The molecule has 96 valence electrons. The molecule has 6 nitrogen and oxygen atoms in total. The first kappa shape index (κ1) is 11.8. The zero-order valence-corrected chi connectivity index (χ0v) is 11.3. The number of nitrogens with two attached hydrogens (primary N) is 2. The molecule has 0 atom stereocenters. The molecule has 3 aromatic rings. The number of aryl methyl sites for hydroxylation is 2. The van der Waals surface area contributed by atoms with Crippen LogP contribution < -0.4 is 11.5 Å². The highest BCUT2D eigenvalue weighted by Gasteiger charge is 2.15. The summed E-state index contributed by atoms with van der Waals surface area (Å²) in [5.74, 6) is 0.535. The third-order valence-corrected chi connectivity index (χ3v) is 3.88. The Bertz CT molecular complexity index is 756. The van der Waals surface area contributed by atoms with Crippen LogP contribution in [0.4, 0.5) is 11.8 Å². The molecule has 0 amide bonds. The summed E-state index contributed by atoms with van der Waals surface area (Å²) in [5.41, 5.74) is 14.8. The molecule has 0 spiro atoms. The van der Waals surface area contributed by atoms with Crippen LogP contribution in [-0.2, 0) is 0 Å². The van der Waals surface area contributed by atoms with Crippen LogP contribution in [0.1, 0.15) is 11.4 Å². The summed E-state index contributed by atoms with van der Waals surface area (Å²) in [6, 6.07) is 1.94. The Kier molecular flexibility index (Phi) is 2.56. The van der Waals surface area contributed by atoms with Crippen molar-refractivity contribution >= 4 is 33.3 Å². The van der Waals surface area contributed by atoms with E-state index < -0.39 is 0 Å². The SMILES string of the molecule is Cc1nc(N)nc(N)c1-c1nc2c(C)nccc2s1. The van der Waals surface area contributed by atoms with Crippen molar-refractivity contribution in [1.82, 2.24) is 19.9 Å². The smallest absolute Gasteiger partial charge is 0.222 e. The van der Waals surface area contributed by atoms with Crippen molar-refractivity contribution in [2.24, 2.45) is 0 Å². The van der Waals surface area contributed by atoms with Crippen LogP contribution in [0.5, 0.6) is 0 Å². The average Bonchev–Trinajstić information content (AvgIpc) is 2.72. The third kappa shape index (κ3) is 1.88. The number of hydrogen-bond acceptors (Lipinski definition) is 7. The van der Waals surface area contributed by atoms with Gasteiger partial charge in [0.15, 0.2) is 0 Å². The number of aromatic nitrogens is 4. The maximum absolute atomic E-state index is 5.93. The molecule has 19 heavy (non-hydrogen) atoms. The van der Waals surface area contributed by atoms with Crippen molar-refractivity contribution in [1.29, 1.82) is 0 Å². The molecule has 0 aliphatic heterocycles. The van der Waals surface area contributed by atoms with Crippen LogP contribution in [0.2, 0.25) is 0 Å². The Hall–Kier alpha value is -2.28. The Morgan fingerprint density at radius 1 is 1.05 bits per heavy atom. The summed E-state index contributed by atoms with van der Waals surface area (Å²) < 4.78 is 1.07. The number of anilines is 2. The molecule has 0 saturated carbocycles. The molecule has 7 heteroatoms. The van der Waals surface area contributed by atoms with E-state index in [-0.39, 0.29) is 5.95 Å². The van der Waals surface area contributed by atoms with Gasteiger partial charge in [-0.05, 0) is 19.9 Å². The molecule has 0 fully saturated rings. The number of nitrogen functional groups attached to an aromatic ring is 2. The molecule has 3 aromatic heterocycles. The van der Waals surface area contributed by atoms with Crippen LogP contribution >= 0.6 is 11.3 Å². The number of nitrogens with zero attached hydrogens (tertiary/aromatic N) is 4. The van der Waals surface area contributed by atoms with Gasteiger partial charge in [-0.3, -0.25) is 4.98 Å². The number of fused-ring (bicyclic) bond motifs is 1. The van der Waals surface area contributed by atoms with Gasteiger partial charge in [0.2, 0.25) is 5.95 Å². The molecule has 3 heterocycles. The molecule has 0 aromatic carbocycles. The maximum atomic E-state index is 5.93. The van der Waals surface area contributed by atoms with Crippen molar-refractivity contribution in [3.63, 3.8) is 0 Å². The lowest BCUT2D eigenvalue weighted by atomic mass is 10.2. The summed E-state index contributed by atoms with van der Waals surface area (Å²) >= 11 is 1.55. The fraction of sp³-hybridized carbons (Fsp3) is 0.167. The van der Waals surface area contributed by atoms with Crippen LogP contribution in [-0.4, -0.2) is 19.9 Å². The second-order valence-corrected chi connectivity index (χ2v) is 5.22. The molecule has 0 saturated heterocycles. The number of thiazole rings is 1. The lowest BCUT2D eigenvalue weighted by molar-refractivity contribution is 1.13. The largest absolute Gasteiger partial charge is 0.383 e. The second kappa shape index (κ2) is 4.13. The van der Waals surface area contributed by atoms with Crippen LogP contribution in [0, 0.1) is 13.8 Å². The van der Waals surface area contributed by atoms with E-state index in [0.717, 1.165) is 32.2 Å². The summed E-state index contributed by atoms with van der Waals surface area (Å²) in [5, 5.41) is 0.793. The van der Waals surface area contributed by atoms with E-state index >= 15 is 0 Å². The Balaban J connectivity index is 2.28.